The first kappa shape index (κ1) is 14.8. The monoisotopic (exact) mass is 293 g/mol. The van der Waals surface area contributed by atoms with E-state index >= 15 is 0 Å². The second kappa shape index (κ2) is 6.73. The van der Waals surface area contributed by atoms with Crippen molar-refractivity contribution < 1.29 is 9.13 Å². The standard InChI is InChI=1S/C16H17ClFNO/c1-2-15(19)11-6-8-13(9-7-11)20-10-12-4-3-5-14(17)16(12)18/h3-9,15H,2,10,19H2,1H3. The van der Waals surface area contributed by atoms with Crippen molar-refractivity contribution >= 4 is 11.6 Å². The number of ether oxygens (including phenoxy) is 1. The fraction of sp³-hybridized carbons (Fsp3) is 0.250. The van der Waals surface area contributed by atoms with Crippen molar-refractivity contribution in [3.63, 3.8) is 0 Å². The zero-order valence-electron chi connectivity index (χ0n) is 11.3. The lowest BCUT2D eigenvalue weighted by atomic mass is 10.1. The molecule has 106 valence electrons. The maximum absolute atomic E-state index is 13.7. The molecule has 2 nitrogen and oxygen atoms in total. The van der Waals surface area contributed by atoms with Gasteiger partial charge in [-0.1, -0.05) is 42.8 Å². The minimum Gasteiger partial charge on any atom is -0.489 e. The van der Waals surface area contributed by atoms with Crippen LogP contribution < -0.4 is 10.5 Å². The van der Waals surface area contributed by atoms with E-state index in [2.05, 4.69) is 0 Å². The maximum Gasteiger partial charge on any atom is 0.148 e. The van der Waals surface area contributed by atoms with Crippen molar-refractivity contribution in [3.8, 4) is 5.75 Å². The lowest BCUT2D eigenvalue weighted by Gasteiger charge is -2.11. The molecule has 1 unspecified atom stereocenters. The highest BCUT2D eigenvalue weighted by molar-refractivity contribution is 6.30. The van der Waals surface area contributed by atoms with Gasteiger partial charge in [0, 0.05) is 11.6 Å². The summed E-state index contributed by atoms with van der Waals surface area (Å²) in [5, 5.41) is 0.107. The second-order valence-corrected chi connectivity index (χ2v) is 4.99. The third-order valence-corrected chi connectivity index (χ3v) is 3.47. The van der Waals surface area contributed by atoms with Crippen molar-refractivity contribution in [2.75, 3.05) is 0 Å². The van der Waals surface area contributed by atoms with E-state index in [1.54, 1.807) is 12.1 Å². The van der Waals surface area contributed by atoms with Crippen molar-refractivity contribution in [2.45, 2.75) is 26.0 Å². The predicted molar refractivity (Wildman–Crippen MR) is 79.4 cm³/mol. The Hall–Kier alpha value is -1.58. The van der Waals surface area contributed by atoms with E-state index in [1.165, 1.54) is 6.07 Å². The maximum atomic E-state index is 13.7. The highest BCUT2D eigenvalue weighted by Crippen LogP contribution is 2.21. The van der Waals surface area contributed by atoms with Gasteiger partial charge < -0.3 is 10.5 Å². The fourth-order valence-electron chi connectivity index (χ4n) is 1.87. The zero-order chi connectivity index (χ0) is 14.5. The van der Waals surface area contributed by atoms with Gasteiger partial charge in [0.2, 0.25) is 0 Å². The summed E-state index contributed by atoms with van der Waals surface area (Å²) >= 11 is 5.72. The zero-order valence-corrected chi connectivity index (χ0v) is 12.0. The van der Waals surface area contributed by atoms with Crippen LogP contribution in [0.3, 0.4) is 0 Å². The molecule has 0 bridgehead atoms. The third kappa shape index (κ3) is 3.50. The van der Waals surface area contributed by atoms with E-state index in [0.29, 0.717) is 11.3 Å². The van der Waals surface area contributed by atoms with Crippen molar-refractivity contribution in [2.24, 2.45) is 5.73 Å². The van der Waals surface area contributed by atoms with Gasteiger partial charge in [-0.3, -0.25) is 0 Å². The highest BCUT2D eigenvalue weighted by Gasteiger charge is 2.07. The van der Waals surface area contributed by atoms with Crippen LogP contribution in [0.15, 0.2) is 42.5 Å². The van der Waals surface area contributed by atoms with Gasteiger partial charge in [-0.25, -0.2) is 4.39 Å². The summed E-state index contributed by atoms with van der Waals surface area (Å²) in [6.07, 6.45) is 0.883. The molecule has 2 N–H and O–H groups in total. The first-order valence-corrected chi connectivity index (χ1v) is 6.91. The molecule has 1 atom stereocenters. The lowest BCUT2D eigenvalue weighted by molar-refractivity contribution is 0.299. The summed E-state index contributed by atoms with van der Waals surface area (Å²) in [6.45, 7) is 2.18. The number of nitrogens with two attached hydrogens (primary N) is 1. The Kier molecular flexibility index (Phi) is 4.99. The Morgan fingerprint density at radius 2 is 1.90 bits per heavy atom. The van der Waals surface area contributed by atoms with Gasteiger partial charge in [-0.15, -0.1) is 0 Å². The quantitative estimate of drug-likeness (QED) is 0.883. The molecule has 4 heteroatoms. The number of rotatable bonds is 5. The summed E-state index contributed by atoms with van der Waals surface area (Å²) < 4.78 is 19.2. The van der Waals surface area contributed by atoms with E-state index in [9.17, 15) is 4.39 Å². The molecule has 2 aromatic carbocycles. The summed E-state index contributed by atoms with van der Waals surface area (Å²) in [6, 6.07) is 12.4. The van der Waals surface area contributed by atoms with Gasteiger partial charge in [0.15, 0.2) is 0 Å². The van der Waals surface area contributed by atoms with E-state index in [0.717, 1.165) is 12.0 Å². The Labute approximate surface area is 123 Å². The molecule has 2 rings (SSSR count). The smallest absolute Gasteiger partial charge is 0.148 e. The molecular weight excluding hydrogens is 277 g/mol. The average Bonchev–Trinajstić information content (AvgIpc) is 2.48. The third-order valence-electron chi connectivity index (χ3n) is 3.17. The fourth-order valence-corrected chi connectivity index (χ4v) is 2.06. The average molecular weight is 294 g/mol. The Morgan fingerprint density at radius 1 is 1.20 bits per heavy atom. The molecule has 0 aliphatic rings. The minimum absolute atomic E-state index is 0.0365. The minimum atomic E-state index is -0.432. The summed E-state index contributed by atoms with van der Waals surface area (Å²) in [5.74, 6) is 0.246. The van der Waals surface area contributed by atoms with Crippen LogP contribution in [-0.4, -0.2) is 0 Å². The van der Waals surface area contributed by atoms with Gasteiger partial charge in [-0.2, -0.15) is 0 Å². The molecule has 0 aliphatic carbocycles. The van der Waals surface area contributed by atoms with Gasteiger partial charge >= 0.3 is 0 Å². The SMILES string of the molecule is CCC(N)c1ccc(OCc2cccc(Cl)c2F)cc1. The van der Waals surface area contributed by atoms with Crippen LogP contribution in [0.1, 0.15) is 30.5 Å². The predicted octanol–water partition coefficient (Wildman–Crippen LogP) is 4.47. The molecule has 0 saturated heterocycles. The lowest BCUT2D eigenvalue weighted by Crippen LogP contribution is -2.08. The molecule has 0 spiro atoms. The van der Waals surface area contributed by atoms with E-state index in [-0.39, 0.29) is 17.7 Å². The van der Waals surface area contributed by atoms with Crippen LogP contribution in [0, 0.1) is 5.82 Å². The summed E-state index contributed by atoms with van der Waals surface area (Å²) in [7, 11) is 0. The summed E-state index contributed by atoms with van der Waals surface area (Å²) in [4.78, 5) is 0. The molecule has 20 heavy (non-hydrogen) atoms. The largest absolute Gasteiger partial charge is 0.489 e. The van der Waals surface area contributed by atoms with Crippen molar-refractivity contribution in [1.82, 2.24) is 0 Å². The molecule has 0 saturated carbocycles. The van der Waals surface area contributed by atoms with Gasteiger partial charge in [0.25, 0.3) is 0 Å². The highest BCUT2D eigenvalue weighted by atomic mass is 35.5. The van der Waals surface area contributed by atoms with Crippen LogP contribution in [0.2, 0.25) is 5.02 Å². The molecule has 0 radical (unpaired) electrons. The van der Waals surface area contributed by atoms with Crippen LogP contribution in [0.5, 0.6) is 5.75 Å². The molecule has 2 aromatic rings. The molecular formula is C16H17ClFNO. The molecule has 0 fully saturated rings. The van der Waals surface area contributed by atoms with E-state index < -0.39 is 5.82 Å². The Balaban J connectivity index is 2.02. The van der Waals surface area contributed by atoms with Crippen molar-refractivity contribution in [3.05, 3.63) is 64.4 Å². The number of halogens is 2. The Bertz CT molecular complexity index is 571. The molecule has 0 aromatic heterocycles. The van der Waals surface area contributed by atoms with Crippen LogP contribution in [0.25, 0.3) is 0 Å². The Morgan fingerprint density at radius 3 is 2.55 bits per heavy atom. The number of hydrogen-bond donors (Lipinski definition) is 1. The van der Waals surface area contributed by atoms with Crippen molar-refractivity contribution in [1.29, 1.82) is 0 Å². The summed E-state index contributed by atoms with van der Waals surface area (Å²) in [5.41, 5.74) is 7.44. The van der Waals surface area contributed by atoms with Crippen LogP contribution in [0.4, 0.5) is 4.39 Å². The van der Waals surface area contributed by atoms with E-state index in [4.69, 9.17) is 22.1 Å². The molecule has 0 amide bonds. The first-order valence-electron chi connectivity index (χ1n) is 6.53. The number of benzene rings is 2. The first-order chi connectivity index (χ1) is 9.61. The van der Waals surface area contributed by atoms with Crippen LogP contribution in [-0.2, 0) is 6.61 Å². The molecule has 0 heterocycles. The van der Waals surface area contributed by atoms with Gasteiger partial charge in [-0.05, 0) is 30.2 Å². The molecule has 0 aliphatic heterocycles. The number of hydrogen-bond acceptors (Lipinski definition) is 2. The van der Waals surface area contributed by atoms with Crippen LogP contribution >= 0.6 is 11.6 Å². The van der Waals surface area contributed by atoms with Gasteiger partial charge in [0.1, 0.15) is 18.2 Å². The topological polar surface area (TPSA) is 35.2 Å². The normalized spacial score (nSPS) is 12.2. The van der Waals surface area contributed by atoms with Gasteiger partial charge in [0.05, 0.1) is 5.02 Å². The van der Waals surface area contributed by atoms with E-state index in [1.807, 2.05) is 31.2 Å². The second-order valence-electron chi connectivity index (χ2n) is 4.59.